The van der Waals surface area contributed by atoms with Gasteiger partial charge in [-0.25, -0.2) is 9.78 Å². The summed E-state index contributed by atoms with van der Waals surface area (Å²) in [4.78, 5) is 15.8. The van der Waals surface area contributed by atoms with Gasteiger partial charge in [-0.2, -0.15) is 13.2 Å². The molecule has 3 rings (SSSR count). The summed E-state index contributed by atoms with van der Waals surface area (Å²) in [5.41, 5.74) is 0.849. The van der Waals surface area contributed by atoms with Gasteiger partial charge in [0.1, 0.15) is 5.65 Å². The van der Waals surface area contributed by atoms with Crippen LogP contribution in [0.3, 0.4) is 0 Å². The molecule has 2 heterocycles. The Hall–Kier alpha value is -2.83. The number of ether oxygens (including phenoxy) is 1. The van der Waals surface area contributed by atoms with Crippen molar-refractivity contribution in [3.63, 3.8) is 0 Å². The molecule has 0 radical (unpaired) electrons. The number of methoxy groups -OCH3 is 1. The summed E-state index contributed by atoms with van der Waals surface area (Å²) in [6.07, 6.45) is -1.32. The molecule has 4 nitrogen and oxygen atoms in total. The van der Waals surface area contributed by atoms with Gasteiger partial charge in [-0.05, 0) is 24.3 Å². The number of hydrogen-bond donors (Lipinski definition) is 0. The van der Waals surface area contributed by atoms with Crippen LogP contribution >= 0.6 is 0 Å². The number of esters is 1. The predicted molar refractivity (Wildman–Crippen MR) is 77.0 cm³/mol. The average Bonchev–Trinajstić information content (AvgIpc) is 2.96. The summed E-state index contributed by atoms with van der Waals surface area (Å²) >= 11 is 0. The van der Waals surface area contributed by atoms with E-state index in [4.69, 9.17) is 0 Å². The first-order valence-corrected chi connectivity index (χ1v) is 6.63. The van der Waals surface area contributed by atoms with E-state index in [0.717, 1.165) is 12.1 Å². The average molecular weight is 320 g/mol. The van der Waals surface area contributed by atoms with Crippen molar-refractivity contribution in [1.29, 1.82) is 0 Å². The Balaban J connectivity index is 2.05. The maximum atomic E-state index is 12.8. The Bertz CT molecular complexity index is 884. The molecule has 0 aliphatic rings. The SMILES string of the molecule is COC(=O)c1ccc2nc(-c3cccc(C(F)(F)F)c3)cn2c1. The molecule has 0 aliphatic heterocycles. The number of nitrogens with zero attached hydrogens (tertiary/aromatic N) is 2. The van der Waals surface area contributed by atoms with Gasteiger partial charge in [-0.3, -0.25) is 0 Å². The third-order valence-corrected chi connectivity index (χ3v) is 3.36. The highest BCUT2D eigenvalue weighted by Crippen LogP contribution is 2.32. The molecule has 0 spiro atoms. The molecule has 23 heavy (non-hydrogen) atoms. The lowest BCUT2D eigenvalue weighted by Crippen LogP contribution is -2.04. The summed E-state index contributed by atoms with van der Waals surface area (Å²) in [7, 11) is 1.27. The topological polar surface area (TPSA) is 43.6 Å². The molecule has 0 amide bonds. The number of fused-ring (bicyclic) bond motifs is 1. The van der Waals surface area contributed by atoms with Gasteiger partial charge in [0.05, 0.1) is 23.9 Å². The number of aromatic nitrogens is 2. The van der Waals surface area contributed by atoms with Crippen molar-refractivity contribution in [3.05, 3.63) is 59.9 Å². The summed E-state index contributed by atoms with van der Waals surface area (Å²) in [6, 6.07) is 8.09. The second-order valence-electron chi connectivity index (χ2n) is 4.88. The van der Waals surface area contributed by atoms with Crippen molar-refractivity contribution in [3.8, 4) is 11.3 Å². The van der Waals surface area contributed by atoms with Crippen LogP contribution in [0.1, 0.15) is 15.9 Å². The first kappa shape index (κ1) is 15.1. The minimum atomic E-state index is -4.41. The molecule has 2 aromatic heterocycles. The largest absolute Gasteiger partial charge is 0.465 e. The lowest BCUT2D eigenvalue weighted by molar-refractivity contribution is -0.137. The monoisotopic (exact) mass is 320 g/mol. The van der Waals surface area contributed by atoms with E-state index in [1.54, 1.807) is 28.8 Å². The molecule has 0 aliphatic carbocycles. The number of pyridine rings is 1. The van der Waals surface area contributed by atoms with E-state index in [9.17, 15) is 18.0 Å². The standard InChI is InChI=1S/C16H11F3N2O2/c1-23-15(22)11-5-6-14-20-13(9-21(14)8-11)10-3-2-4-12(7-10)16(17,18)19/h2-9H,1H3. The van der Waals surface area contributed by atoms with E-state index in [1.807, 2.05) is 0 Å². The highest BCUT2D eigenvalue weighted by Gasteiger charge is 2.30. The molecule has 0 atom stereocenters. The van der Waals surface area contributed by atoms with Crippen molar-refractivity contribution < 1.29 is 22.7 Å². The predicted octanol–water partition coefficient (Wildman–Crippen LogP) is 3.81. The van der Waals surface area contributed by atoms with Gasteiger partial charge in [0.2, 0.25) is 0 Å². The number of carbonyl (C=O) groups is 1. The smallest absolute Gasteiger partial charge is 0.416 e. The van der Waals surface area contributed by atoms with Crippen LogP contribution in [0.15, 0.2) is 48.8 Å². The van der Waals surface area contributed by atoms with Crippen LogP contribution in [-0.2, 0) is 10.9 Å². The molecule has 0 fully saturated rings. The van der Waals surface area contributed by atoms with Gasteiger partial charge in [-0.15, -0.1) is 0 Å². The fourth-order valence-electron chi connectivity index (χ4n) is 2.22. The fourth-order valence-corrected chi connectivity index (χ4v) is 2.22. The summed E-state index contributed by atoms with van der Waals surface area (Å²) in [5, 5.41) is 0. The molecule has 0 saturated carbocycles. The first-order valence-electron chi connectivity index (χ1n) is 6.63. The summed E-state index contributed by atoms with van der Waals surface area (Å²) < 4.78 is 44.6. The van der Waals surface area contributed by atoms with Crippen LogP contribution < -0.4 is 0 Å². The van der Waals surface area contributed by atoms with E-state index in [1.165, 1.54) is 19.4 Å². The second-order valence-corrected chi connectivity index (χ2v) is 4.88. The molecule has 0 N–H and O–H groups in total. The lowest BCUT2D eigenvalue weighted by atomic mass is 10.1. The lowest BCUT2D eigenvalue weighted by Gasteiger charge is -2.07. The van der Waals surface area contributed by atoms with Gasteiger partial charge in [0, 0.05) is 18.0 Å². The van der Waals surface area contributed by atoms with E-state index >= 15 is 0 Å². The van der Waals surface area contributed by atoms with E-state index in [2.05, 4.69) is 9.72 Å². The van der Waals surface area contributed by atoms with E-state index in [0.29, 0.717) is 22.5 Å². The number of alkyl halides is 3. The molecule has 118 valence electrons. The zero-order valence-electron chi connectivity index (χ0n) is 12.0. The van der Waals surface area contributed by atoms with Gasteiger partial charge >= 0.3 is 12.1 Å². The summed E-state index contributed by atoms with van der Waals surface area (Å²) in [6.45, 7) is 0. The van der Waals surface area contributed by atoms with Crippen LogP contribution in [0.4, 0.5) is 13.2 Å². The maximum Gasteiger partial charge on any atom is 0.416 e. The van der Waals surface area contributed by atoms with Crippen LogP contribution in [0.5, 0.6) is 0 Å². The molecule has 1 aromatic carbocycles. The number of halogens is 3. The first-order chi connectivity index (χ1) is 10.9. The third kappa shape index (κ3) is 2.90. The Labute approximate surface area is 129 Å². The van der Waals surface area contributed by atoms with Crippen LogP contribution in [0.2, 0.25) is 0 Å². The molecule has 0 saturated heterocycles. The van der Waals surface area contributed by atoms with Crippen LogP contribution in [-0.4, -0.2) is 22.5 Å². The van der Waals surface area contributed by atoms with Gasteiger partial charge in [-0.1, -0.05) is 12.1 Å². The molecular weight excluding hydrogens is 309 g/mol. The maximum absolute atomic E-state index is 12.8. The van der Waals surface area contributed by atoms with Crippen molar-refractivity contribution in [2.45, 2.75) is 6.18 Å². The number of benzene rings is 1. The van der Waals surface area contributed by atoms with Gasteiger partial charge < -0.3 is 9.14 Å². The van der Waals surface area contributed by atoms with Crippen LogP contribution in [0.25, 0.3) is 16.9 Å². The van der Waals surface area contributed by atoms with Gasteiger partial charge in [0.15, 0.2) is 0 Å². The molecule has 0 unspecified atom stereocenters. The number of hydrogen-bond acceptors (Lipinski definition) is 3. The van der Waals surface area contributed by atoms with Gasteiger partial charge in [0.25, 0.3) is 0 Å². The zero-order valence-corrected chi connectivity index (χ0v) is 12.0. The molecule has 0 bridgehead atoms. The van der Waals surface area contributed by atoms with Crippen molar-refractivity contribution >= 4 is 11.6 Å². The Morgan fingerprint density at radius 3 is 2.65 bits per heavy atom. The number of imidazole rings is 1. The minimum absolute atomic E-state index is 0.327. The Morgan fingerprint density at radius 1 is 1.17 bits per heavy atom. The van der Waals surface area contributed by atoms with Crippen molar-refractivity contribution in [2.24, 2.45) is 0 Å². The highest BCUT2D eigenvalue weighted by molar-refractivity contribution is 5.89. The number of carbonyl (C=O) groups excluding carboxylic acids is 1. The normalized spacial score (nSPS) is 11.7. The number of rotatable bonds is 2. The van der Waals surface area contributed by atoms with Crippen molar-refractivity contribution in [1.82, 2.24) is 9.38 Å². The quantitative estimate of drug-likeness (QED) is 0.675. The zero-order chi connectivity index (χ0) is 16.6. The summed E-state index contributed by atoms with van der Waals surface area (Å²) in [5.74, 6) is -0.499. The Kier molecular flexibility index (Phi) is 3.55. The molecule has 7 heteroatoms. The van der Waals surface area contributed by atoms with Crippen molar-refractivity contribution in [2.75, 3.05) is 7.11 Å². The molecular formula is C16H11F3N2O2. The van der Waals surface area contributed by atoms with E-state index in [-0.39, 0.29) is 0 Å². The second kappa shape index (κ2) is 5.42. The fraction of sp³-hybridized carbons (Fsp3) is 0.125. The third-order valence-electron chi connectivity index (χ3n) is 3.36. The van der Waals surface area contributed by atoms with E-state index < -0.39 is 17.7 Å². The van der Waals surface area contributed by atoms with Crippen LogP contribution in [0, 0.1) is 0 Å². The molecule has 3 aromatic rings. The minimum Gasteiger partial charge on any atom is -0.465 e. The Morgan fingerprint density at radius 2 is 1.96 bits per heavy atom. The highest BCUT2D eigenvalue weighted by atomic mass is 19.4.